The zero-order valence-electron chi connectivity index (χ0n) is 40.6. The lowest BCUT2D eigenvalue weighted by Crippen LogP contribution is -2.34. The predicted octanol–water partition coefficient (Wildman–Crippen LogP) is 7.52. The van der Waals surface area contributed by atoms with Crippen LogP contribution in [0.3, 0.4) is 0 Å². The fourth-order valence-electron chi connectivity index (χ4n) is 8.67. The van der Waals surface area contributed by atoms with Gasteiger partial charge in [0, 0.05) is 96.7 Å². The van der Waals surface area contributed by atoms with Gasteiger partial charge in [0.25, 0.3) is 11.6 Å². The van der Waals surface area contributed by atoms with E-state index in [1.807, 2.05) is 19.0 Å². The Morgan fingerprint density at radius 2 is 1.27 bits per heavy atom. The Morgan fingerprint density at radius 3 is 1.83 bits per heavy atom. The van der Waals surface area contributed by atoms with Crippen LogP contribution in [-0.2, 0) is 41.9 Å². The molecule has 0 radical (unpaired) electrons. The molecular weight excluding hydrogens is 1050 g/mol. The van der Waals surface area contributed by atoms with Crippen LogP contribution in [0.5, 0.6) is 11.5 Å². The molecule has 0 spiro atoms. The molecule has 19 nitrogen and oxygen atoms in total. The lowest BCUT2D eigenvalue weighted by Gasteiger charge is -2.14. The van der Waals surface area contributed by atoms with Gasteiger partial charge in [0.15, 0.2) is 5.82 Å². The molecule has 0 unspecified atom stereocenters. The SMILES string of the molecule is Cc1c(B(O)O)cnc(C2OCCO2)c1F.[C-]#[N+]c1cn2c(NCc3c(F)ccc4c3CCO4)ncc(-c3cnc(CN(C)C)c(F)c3C)c2n1.[C-]#[N+]c1cn2c(NCc3c(F)ccc4c3CCO4)ncc(Br)c2n1. The molecule has 2 aromatic carbocycles. The van der Waals surface area contributed by atoms with E-state index in [0.29, 0.717) is 113 Å². The molecule has 4 N–H and O–H groups in total. The number of rotatable bonds is 11. The number of nitrogens with zero attached hydrogens (tertiary/aromatic N) is 11. The van der Waals surface area contributed by atoms with Crippen molar-refractivity contribution in [3.05, 3.63) is 157 Å². The second-order valence-corrected chi connectivity index (χ2v) is 18.3. The van der Waals surface area contributed by atoms with E-state index in [-0.39, 0.29) is 58.9 Å². The normalized spacial score (nSPS) is 13.5. The molecule has 9 heterocycles. The largest absolute Gasteiger partial charge is 0.493 e. The van der Waals surface area contributed by atoms with Crippen molar-refractivity contribution in [3.63, 3.8) is 0 Å². The molecule has 11 rings (SSSR count). The Balaban J connectivity index is 0.000000149. The van der Waals surface area contributed by atoms with Gasteiger partial charge in [0.05, 0.1) is 43.9 Å². The molecule has 0 bridgehead atoms. The number of imidazole rings is 2. The van der Waals surface area contributed by atoms with Crippen LogP contribution in [-0.4, -0.2) is 101 Å². The minimum Gasteiger partial charge on any atom is -0.493 e. The lowest BCUT2D eigenvalue weighted by atomic mass is 9.78. The number of pyridine rings is 2. The number of aromatic nitrogens is 8. The molecule has 384 valence electrons. The van der Waals surface area contributed by atoms with E-state index < -0.39 is 19.2 Å². The van der Waals surface area contributed by atoms with Crippen molar-refractivity contribution in [3.8, 4) is 22.6 Å². The molecule has 25 heteroatoms. The van der Waals surface area contributed by atoms with Crippen LogP contribution in [0.2, 0.25) is 0 Å². The minimum absolute atomic E-state index is 0.0410. The van der Waals surface area contributed by atoms with Crippen molar-refractivity contribution < 1.29 is 46.6 Å². The van der Waals surface area contributed by atoms with Crippen molar-refractivity contribution in [2.45, 2.75) is 52.6 Å². The van der Waals surface area contributed by atoms with E-state index in [2.05, 4.69) is 66.2 Å². The molecule has 0 atom stereocenters. The second kappa shape index (κ2) is 22.4. The van der Waals surface area contributed by atoms with Crippen molar-refractivity contribution in [1.82, 2.24) is 43.6 Å². The van der Waals surface area contributed by atoms with Crippen LogP contribution in [0, 0.1) is 50.3 Å². The highest BCUT2D eigenvalue weighted by molar-refractivity contribution is 9.10. The molecule has 0 aliphatic carbocycles. The van der Waals surface area contributed by atoms with E-state index in [0.717, 1.165) is 16.9 Å². The molecule has 0 saturated carbocycles. The average Bonchev–Trinajstić information content (AvgIpc) is 4.27. The van der Waals surface area contributed by atoms with Gasteiger partial charge in [-0.15, -0.1) is 0 Å². The first kappa shape index (κ1) is 52.1. The summed E-state index contributed by atoms with van der Waals surface area (Å²) in [6.45, 7) is 20.4. The van der Waals surface area contributed by atoms with Gasteiger partial charge in [0.1, 0.15) is 39.1 Å². The summed E-state index contributed by atoms with van der Waals surface area (Å²) in [5, 5.41) is 24.2. The lowest BCUT2D eigenvalue weighted by molar-refractivity contribution is -0.0498. The maximum Gasteiger partial charge on any atom is 0.490 e. The molecule has 3 aliphatic heterocycles. The fraction of sp³-hybridized carbons (Fsp3) is 0.280. The van der Waals surface area contributed by atoms with Crippen molar-refractivity contribution >= 4 is 63.3 Å². The van der Waals surface area contributed by atoms with E-state index in [1.165, 1.54) is 25.3 Å². The number of fused-ring (bicyclic) bond motifs is 4. The maximum absolute atomic E-state index is 15.1. The first-order valence-electron chi connectivity index (χ1n) is 23.2. The highest BCUT2D eigenvalue weighted by atomic mass is 79.9. The van der Waals surface area contributed by atoms with Gasteiger partial charge < -0.3 is 54.2 Å². The molecule has 1 saturated heterocycles. The summed E-state index contributed by atoms with van der Waals surface area (Å²) in [5.74, 6) is 1.14. The summed E-state index contributed by atoms with van der Waals surface area (Å²) in [6, 6.07) is 6.12. The van der Waals surface area contributed by atoms with Crippen molar-refractivity contribution in [1.29, 1.82) is 0 Å². The van der Waals surface area contributed by atoms with Gasteiger partial charge in [0.2, 0.25) is 29.5 Å². The predicted molar refractivity (Wildman–Crippen MR) is 271 cm³/mol. The average molecular weight is 1090 g/mol. The fourth-order valence-corrected chi connectivity index (χ4v) is 9.05. The highest BCUT2D eigenvalue weighted by Gasteiger charge is 2.28. The third-order valence-electron chi connectivity index (χ3n) is 12.4. The van der Waals surface area contributed by atoms with Gasteiger partial charge in [-0.25, -0.2) is 27.5 Å². The Bertz CT molecular complexity index is 3560. The summed E-state index contributed by atoms with van der Waals surface area (Å²) in [5.41, 5.74) is 5.93. The summed E-state index contributed by atoms with van der Waals surface area (Å²) in [6.07, 6.45) is 9.67. The third kappa shape index (κ3) is 10.8. The summed E-state index contributed by atoms with van der Waals surface area (Å²) in [7, 11) is 1.96. The highest BCUT2D eigenvalue weighted by Crippen LogP contribution is 2.35. The van der Waals surface area contributed by atoms with Crippen LogP contribution < -0.4 is 25.6 Å². The summed E-state index contributed by atoms with van der Waals surface area (Å²) < 4.78 is 83.0. The van der Waals surface area contributed by atoms with Gasteiger partial charge in [-0.2, -0.15) is 0 Å². The monoisotopic (exact) mass is 1090 g/mol. The Kier molecular flexibility index (Phi) is 15.5. The quantitative estimate of drug-likeness (QED) is 0.0563. The van der Waals surface area contributed by atoms with E-state index in [4.69, 9.17) is 42.1 Å². The number of nitrogens with one attached hydrogen (secondary N) is 2. The van der Waals surface area contributed by atoms with Crippen LogP contribution in [0.4, 0.5) is 41.1 Å². The molecule has 0 amide bonds. The van der Waals surface area contributed by atoms with Gasteiger partial charge in [-0.05, 0) is 79.3 Å². The molecule has 3 aliphatic rings. The first-order valence-corrected chi connectivity index (χ1v) is 24.0. The molecule has 6 aromatic heterocycles. The topological polar surface area (TPSA) is 200 Å². The smallest absolute Gasteiger partial charge is 0.490 e. The number of benzene rings is 2. The molecular formula is C50H45BBrF4N13O6. The summed E-state index contributed by atoms with van der Waals surface area (Å²) in [4.78, 5) is 34.2. The second-order valence-electron chi connectivity index (χ2n) is 17.4. The molecule has 75 heavy (non-hydrogen) atoms. The van der Waals surface area contributed by atoms with Crippen molar-refractivity contribution in [2.24, 2.45) is 0 Å². The zero-order valence-corrected chi connectivity index (χ0v) is 42.2. The Labute approximate surface area is 435 Å². The number of anilines is 2. The minimum atomic E-state index is -1.73. The van der Waals surface area contributed by atoms with Crippen LogP contribution >= 0.6 is 15.9 Å². The number of hydrogen-bond acceptors (Lipinski definition) is 15. The number of halogens is 5. The molecule has 8 aromatic rings. The van der Waals surface area contributed by atoms with Crippen LogP contribution in [0.15, 0.2) is 65.9 Å². The standard InChI is InChI=1S/C25H23F2N7O.C16H11BrFN5O.C9H11BFNO4/c1-14-16(9-29-20(23(14)27)12-33(3)4)18-11-31-25(34-13-22(28-2)32-24(18)34)30-10-17-15-7-8-35-21(15)6-5-19(17)26;1-19-14-8-23-15(22-14)11(17)7-21-16(23)20-6-10-9-4-5-24-13(9)3-2-12(10)18;1-5-6(10(13)14)4-12-8(7(5)11)9-15-2-3-16-9/h5-6,9,11,13H,7-8,10,12H2,1,3-4H3,(H,30,31);2-3,7-8H,4-6H2,(H,20,21);4,9,13-14H,2-3H2,1H3. The van der Waals surface area contributed by atoms with E-state index in [9.17, 15) is 13.2 Å². The Hall–Kier alpha value is -7.78. The zero-order chi connectivity index (χ0) is 53.1. The number of hydrogen-bond donors (Lipinski definition) is 4. The summed E-state index contributed by atoms with van der Waals surface area (Å²) >= 11 is 3.37. The van der Waals surface area contributed by atoms with Crippen LogP contribution in [0.25, 0.3) is 32.1 Å². The van der Waals surface area contributed by atoms with Gasteiger partial charge in [-0.1, -0.05) is 23.1 Å². The maximum atomic E-state index is 15.1. The van der Waals surface area contributed by atoms with Crippen LogP contribution in [0.1, 0.15) is 51.1 Å². The first-order chi connectivity index (χ1) is 36.1. The van der Waals surface area contributed by atoms with E-state index in [1.54, 1.807) is 58.8 Å². The van der Waals surface area contributed by atoms with E-state index >= 15 is 4.39 Å². The number of ether oxygens (including phenoxy) is 4. The third-order valence-corrected chi connectivity index (χ3v) is 13.0. The van der Waals surface area contributed by atoms with Gasteiger partial charge >= 0.3 is 7.12 Å². The molecule has 1 fully saturated rings. The van der Waals surface area contributed by atoms with Gasteiger partial charge in [-0.3, -0.25) is 18.8 Å². The Morgan fingerprint density at radius 1 is 0.720 bits per heavy atom. The van der Waals surface area contributed by atoms with Crippen molar-refractivity contribution in [2.75, 3.05) is 51.2 Å².